The number of nitrogens with zero attached hydrogens (tertiary/aromatic N) is 3. The maximum absolute atomic E-state index is 12.4. The van der Waals surface area contributed by atoms with Gasteiger partial charge >= 0.3 is 0 Å². The van der Waals surface area contributed by atoms with Gasteiger partial charge in [0, 0.05) is 18.5 Å². The lowest BCUT2D eigenvalue weighted by atomic mass is 9.87. The number of nitrogens with one attached hydrogen (secondary N) is 1. The van der Waals surface area contributed by atoms with Crippen LogP contribution in [0.15, 0.2) is 29.4 Å². The molecule has 0 aromatic heterocycles. The average Bonchev–Trinajstić information content (AvgIpc) is 3.41. The molecule has 1 aliphatic heterocycles. The van der Waals surface area contributed by atoms with E-state index in [0.29, 0.717) is 31.7 Å². The minimum absolute atomic E-state index is 0.0405. The number of rotatable bonds is 7. The first-order valence-corrected chi connectivity index (χ1v) is 11.5. The predicted molar refractivity (Wildman–Crippen MR) is 123 cm³/mol. The second kappa shape index (κ2) is 10.3. The molecule has 0 spiro atoms. The molecule has 168 valence electrons. The van der Waals surface area contributed by atoms with Crippen LogP contribution in [0.1, 0.15) is 70.9 Å². The molecule has 1 amide bonds. The number of hydrogen-bond donors (Lipinski definition) is 1. The van der Waals surface area contributed by atoms with Gasteiger partial charge in [-0.05, 0) is 55.6 Å². The topological polar surface area (TPSA) is 77.7 Å². The van der Waals surface area contributed by atoms with E-state index in [9.17, 15) is 4.79 Å². The molecule has 2 aliphatic rings. The van der Waals surface area contributed by atoms with Crippen LogP contribution in [0, 0.1) is 17.2 Å². The van der Waals surface area contributed by atoms with Crippen LogP contribution in [0.5, 0.6) is 0 Å². The molecule has 1 aromatic rings. The molecule has 1 aromatic carbocycles. The van der Waals surface area contributed by atoms with E-state index in [1.165, 1.54) is 5.56 Å². The van der Waals surface area contributed by atoms with Crippen molar-refractivity contribution in [3.8, 4) is 6.07 Å². The predicted octanol–water partition coefficient (Wildman–Crippen LogP) is 4.15. The summed E-state index contributed by atoms with van der Waals surface area (Å²) in [6, 6.07) is 10.8. The Hall–Kier alpha value is -2.39. The van der Waals surface area contributed by atoms with Gasteiger partial charge in [0.2, 0.25) is 5.91 Å². The van der Waals surface area contributed by atoms with E-state index in [-0.39, 0.29) is 17.4 Å². The summed E-state index contributed by atoms with van der Waals surface area (Å²) in [5, 5.41) is 16.9. The lowest BCUT2D eigenvalue weighted by molar-refractivity contribution is -0.130. The van der Waals surface area contributed by atoms with E-state index in [2.05, 4.69) is 61.6 Å². The third-order valence-corrected chi connectivity index (χ3v) is 6.55. The quantitative estimate of drug-likeness (QED) is 0.527. The first kappa shape index (κ1) is 23.3. The van der Waals surface area contributed by atoms with Crippen LogP contribution < -0.4 is 5.32 Å². The van der Waals surface area contributed by atoms with E-state index in [1.54, 1.807) is 4.90 Å². The largest absolute Gasteiger partial charge is 0.391 e. The van der Waals surface area contributed by atoms with E-state index in [4.69, 9.17) is 10.1 Å². The van der Waals surface area contributed by atoms with Gasteiger partial charge in [-0.15, -0.1) is 0 Å². The Bertz CT molecular complexity index is 819. The van der Waals surface area contributed by atoms with E-state index < -0.39 is 0 Å². The molecule has 3 rings (SSSR count). The molecule has 3 atom stereocenters. The first-order chi connectivity index (χ1) is 14.8. The number of carbonyl (C=O) groups is 1. The second-order valence-electron chi connectivity index (χ2n) is 9.92. The van der Waals surface area contributed by atoms with E-state index in [0.717, 1.165) is 43.4 Å². The van der Waals surface area contributed by atoms with Crippen molar-refractivity contribution in [2.75, 3.05) is 13.1 Å². The fourth-order valence-electron chi connectivity index (χ4n) is 4.46. The van der Waals surface area contributed by atoms with Crippen LogP contribution in [-0.2, 0) is 21.7 Å². The molecular formula is C25H36N4O2. The summed E-state index contributed by atoms with van der Waals surface area (Å²) in [6.07, 6.45) is 4.76. The van der Waals surface area contributed by atoms with E-state index >= 15 is 0 Å². The SMILES string of the molecule is C/C(=N\OCc1ccc(C(C)(C)C)cc1)[C@H]1CC[C@@H](NCC(=O)N2CCC[C@H]2C#N)C1. The Morgan fingerprint density at radius 2 is 2.00 bits per heavy atom. The third-order valence-electron chi connectivity index (χ3n) is 6.55. The van der Waals surface area contributed by atoms with Crippen molar-refractivity contribution in [1.29, 1.82) is 5.26 Å². The molecule has 1 heterocycles. The van der Waals surface area contributed by atoms with Crippen molar-refractivity contribution >= 4 is 11.6 Å². The maximum atomic E-state index is 12.4. The minimum Gasteiger partial charge on any atom is -0.391 e. The van der Waals surface area contributed by atoms with Crippen LogP contribution >= 0.6 is 0 Å². The van der Waals surface area contributed by atoms with Gasteiger partial charge in [0.15, 0.2) is 0 Å². The Morgan fingerprint density at radius 3 is 2.68 bits per heavy atom. The van der Waals surface area contributed by atoms with Gasteiger partial charge < -0.3 is 15.1 Å². The highest BCUT2D eigenvalue weighted by molar-refractivity contribution is 5.84. The Morgan fingerprint density at radius 1 is 1.26 bits per heavy atom. The maximum Gasteiger partial charge on any atom is 0.237 e. The lowest BCUT2D eigenvalue weighted by Crippen LogP contribution is -2.43. The summed E-state index contributed by atoms with van der Waals surface area (Å²) < 4.78 is 0. The van der Waals surface area contributed by atoms with Crippen molar-refractivity contribution < 1.29 is 9.63 Å². The third kappa shape index (κ3) is 6.30. The van der Waals surface area contributed by atoms with Gasteiger partial charge in [-0.2, -0.15) is 5.26 Å². The van der Waals surface area contributed by atoms with Crippen molar-refractivity contribution in [3.63, 3.8) is 0 Å². The molecule has 31 heavy (non-hydrogen) atoms. The second-order valence-corrected chi connectivity index (χ2v) is 9.92. The Kier molecular flexibility index (Phi) is 7.72. The molecule has 0 radical (unpaired) electrons. The highest BCUT2D eigenvalue weighted by atomic mass is 16.6. The van der Waals surface area contributed by atoms with Crippen molar-refractivity contribution in [2.45, 2.75) is 83.9 Å². The summed E-state index contributed by atoms with van der Waals surface area (Å²) in [4.78, 5) is 19.7. The molecule has 1 saturated carbocycles. The molecule has 6 heteroatoms. The average molecular weight is 425 g/mol. The molecule has 1 N–H and O–H groups in total. The summed E-state index contributed by atoms with van der Waals surface area (Å²) in [7, 11) is 0. The van der Waals surface area contributed by atoms with Gasteiger partial charge in [-0.25, -0.2) is 0 Å². The zero-order chi connectivity index (χ0) is 22.4. The molecule has 1 saturated heterocycles. The van der Waals surface area contributed by atoms with Crippen molar-refractivity contribution in [1.82, 2.24) is 10.2 Å². The summed E-state index contributed by atoms with van der Waals surface area (Å²) in [5.74, 6) is 0.424. The van der Waals surface area contributed by atoms with Crippen molar-refractivity contribution in [3.05, 3.63) is 35.4 Å². The molecular weight excluding hydrogens is 388 g/mol. The lowest BCUT2D eigenvalue weighted by Gasteiger charge is -2.21. The van der Waals surface area contributed by atoms with Crippen LogP contribution in [0.3, 0.4) is 0 Å². The van der Waals surface area contributed by atoms with Crippen LogP contribution in [0.4, 0.5) is 0 Å². The minimum atomic E-state index is -0.248. The number of carbonyl (C=O) groups excluding carboxylic acids is 1. The standard InChI is InChI=1S/C25H36N4O2/c1-18(28-31-17-19-7-10-21(11-8-19)25(2,3)4)20-9-12-22(14-20)27-16-24(30)29-13-5-6-23(29)15-26/h7-8,10-11,20,22-23,27H,5-6,9,12-14,16-17H2,1-4H3/b28-18+/t20-,22+,23-/m0/s1. The van der Waals surface area contributed by atoms with Crippen molar-refractivity contribution in [2.24, 2.45) is 11.1 Å². The number of hydrogen-bond acceptors (Lipinski definition) is 5. The molecule has 0 bridgehead atoms. The number of likely N-dealkylation sites (tertiary alicyclic amines) is 1. The van der Waals surface area contributed by atoms with Gasteiger partial charge in [-0.3, -0.25) is 4.79 Å². The number of benzene rings is 1. The Labute approximate surface area is 186 Å². The zero-order valence-electron chi connectivity index (χ0n) is 19.4. The normalized spacial score (nSPS) is 24.3. The molecule has 6 nitrogen and oxygen atoms in total. The summed E-state index contributed by atoms with van der Waals surface area (Å²) in [5.41, 5.74) is 3.60. The van der Waals surface area contributed by atoms with Gasteiger partial charge in [0.05, 0.1) is 18.3 Å². The monoisotopic (exact) mass is 424 g/mol. The molecule has 0 unspecified atom stereocenters. The molecule has 2 fully saturated rings. The van der Waals surface area contributed by atoms with Crippen LogP contribution in [0.25, 0.3) is 0 Å². The number of nitriles is 1. The van der Waals surface area contributed by atoms with Crippen LogP contribution in [0.2, 0.25) is 0 Å². The first-order valence-electron chi connectivity index (χ1n) is 11.5. The number of oxime groups is 1. The summed E-state index contributed by atoms with van der Waals surface area (Å²) >= 11 is 0. The smallest absolute Gasteiger partial charge is 0.237 e. The van der Waals surface area contributed by atoms with Crippen LogP contribution in [-0.4, -0.2) is 41.7 Å². The van der Waals surface area contributed by atoms with Gasteiger partial charge in [0.1, 0.15) is 12.6 Å². The van der Waals surface area contributed by atoms with E-state index in [1.807, 2.05) is 6.92 Å². The highest BCUT2D eigenvalue weighted by Crippen LogP contribution is 2.27. The Balaban J connectivity index is 1.40. The highest BCUT2D eigenvalue weighted by Gasteiger charge is 2.30. The van der Waals surface area contributed by atoms with Gasteiger partial charge in [-0.1, -0.05) is 50.2 Å². The fourth-order valence-corrected chi connectivity index (χ4v) is 4.46. The summed E-state index contributed by atoms with van der Waals surface area (Å²) in [6.45, 7) is 10.1. The fraction of sp³-hybridized carbons (Fsp3) is 0.640. The van der Waals surface area contributed by atoms with Gasteiger partial charge in [0.25, 0.3) is 0 Å². The zero-order valence-corrected chi connectivity index (χ0v) is 19.4. The molecule has 1 aliphatic carbocycles. The number of amides is 1.